The quantitative estimate of drug-likeness (QED) is 0.492. The summed E-state index contributed by atoms with van der Waals surface area (Å²) >= 11 is 0. The number of hydrogen-bond donors (Lipinski definition) is 2. The fourth-order valence-corrected chi connectivity index (χ4v) is 3.02. The molecule has 0 fully saturated rings. The van der Waals surface area contributed by atoms with Gasteiger partial charge in [-0.3, -0.25) is 0 Å². The van der Waals surface area contributed by atoms with Gasteiger partial charge in [0.25, 0.3) is 0 Å². The number of anilines is 2. The molecule has 0 spiro atoms. The van der Waals surface area contributed by atoms with E-state index < -0.39 is 12.1 Å². The molecule has 146 valence electrons. The number of carbonyl (C=O) groups is 1. The molecular weight excluding hydrogens is 368 g/mol. The zero-order valence-corrected chi connectivity index (χ0v) is 15.8. The van der Waals surface area contributed by atoms with E-state index in [4.69, 9.17) is 4.74 Å². The van der Waals surface area contributed by atoms with Crippen molar-refractivity contribution < 1.29 is 14.6 Å². The molecule has 0 saturated carbocycles. The second-order valence-corrected chi connectivity index (χ2v) is 6.48. The Morgan fingerprint density at radius 2 is 1.90 bits per heavy atom. The van der Waals surface area contributed by atoms with E-state index in [0.29, 0.717) is 11.3 Å². The van der Waals surface area contributed by atoms with E-state index in [9.17, 15) is 9.90 Å². The normalized spacial score (nSPS) is 11.9. The fourth-order valence-electron chi connectivity index (χ4n) is 3.02. The number of benzene rings is 2. The molecule has 2 aromatic carbocycles. The number of aliphatic carboxylic acids is 1. The molecule has 2 aromatic heterocycles. The van der Waals surface area contributed by atoms with Gasteiger partial charge in [0.2, 0.25) is 6.10 Å². The zero-order chi connectivity index (χ0) is 20.2. The lowest BCUT2D eigenvalue weighted by molar-refractivity contribution is -0.145. The molecule has 0 amide bonds. The monoisotopic (exact) mass is 388 g/mol. The number of ether oxygens (including phenoxy) is 1. The highest BCUT2D eigenvalue weighted by molar-refractivity contribution is 5.75. The fraction of sp³-hybridized carbons (Fsp3) is 0.136. The summed E-state index contributed by atoms with van der Waals surface area (Å²) in [6.45, 7) is 2.05. The van der Waals surface area contributed by atoms with Gasteiger partial charge < -0.3 is 15.2 Å². The molecule has 1 atom stereocenters. The van der Waals surface area contributed by atoms with Crippen LogP contribution in [0.2, 0.25) is 0 Å². The maximum absolute atomic E-state index is 11.6. The summed E-state index contributed by atoms with van der Waals surface area (Å²) in [5.41, 5.74) is 3.16. The Labute approximate surface area is 167 Å². The van der Waals surface area contributed by atoms with Crippen molar-refractivity contribution in [1.29, 1.82) is 0 Å². The topological polar surface area (TPSA) is 88.8 Å². The minimum atomic E-state index is -1.06. The smallest absolute Gasteiger partial charge is 0.349 e. The highest BCUT2D eigenvalue weighted by Crippen LogP contribution is 2.25. The molecule has 2 N–H and O–H groups in total. The molecule has 4 rings (SSSR count). The highest BCUT2D eigenvalue weighted by atomic mass is 16.5. The van der Waals surface area contributed by atoms with E-state index in [0.717, 1.165) is 29.3 Å². The Balaban J connectivity index is 1.54. The molecule has 29 heavy (non-hydrogen) atoms. The van der Waals surface area contributed by atoms with Crippen LogP contribution in [-0.2, 0) is 11.2 Å². The van der Waals surface area contributed by atoms with Gasteiger partial charge in [-0.1, -0.05) is 37.3 Å². The number of carboxylic acid groups (broad SMARTS) is 1. The largest absolute Gasteiger partial charge is 0.478 e. The first-order valence-electron chi connectivity index (χ1n) is 9.29. The third-order valence-corrected chi connectivity index (χ3v) is 4.48. The third-order valence-electron chi connectivity index (χ3n) is 4.48. The van der Waals surface area contributed by atoms with Crippen LogP contribution in [0, 0.1) is 0 Å². The Morgan fingerprint density at radius 3 is 2.59 bits per heavy atom. The molecule has 7 nitrogen and oxygen atoms in total. The first kappa shape index (κ1) is 18.5. The molecule has 1 unspecified atom stereocenters. The summed E-state index contributed by atoms with van der Waals surface area (Å²) in [5.74, 6) is 0.238. The molecule has 0 aliphatic heterocycles. The molecule has 7 heteroatoms. The van der Waals surface area contributed by atoms with Crippen molar-refractivity contribution in [2.24, 2.45) is 0 Å². The molecule has 0 saturated heterocycles. The van der Waals surface area contributed by atoms with Gasteiger partial charge >= 0.3 is 5.97 Å². The third kappa shape index (κ3) is 4.03. The minimum Gasteiger partial charge on any atom is -0.478 e. The van der Waals surface area contributed by atoms with Crippen molar-refractivity contribution in [2.75, 3.05) is 5.32 Å². The summed E-state index contributed by atoms with van der Waals surface area (Å²) < 4.78 is 7.44. The van der Waals surface area contributed by atoms with Crippen LogP contribution in [0.1, 0.15) is 24.3 Å². The van der Waals surface area contributed by atoms with E-state index in [2.05, 4.69) is 22.3 Å². The van der Waals surface area contributed by atoms with Crippen molar-refractivity contribution in [1.82, 2.24) is 14.6 Å². The van der Waals surface area contributed by atoms with E-state index in [1.54, 1.807) is 47.1 Å². The van der Waals surface area contributed by atoms with Crippen LogP contribution in [0.4, 0.5) is 11.5 Å². The summed E-state index contributed by atoms with van der Waals surface area (Å²) in [5, 5.41) is 17.1. The first-order chi connectivity index (χ1) is 14.1. The van der Waals surface area contributed by atoms with Gasteiger partial charge in [-0.25, -0.2) is 9.78 Å². The molecular formula is C22H20N4O3. The number of rotatable bonds is 7. The van der Waals surface area contributed by atoms with Gasteiger partial charge in [-0.15, -0.1) is 0 Å². The van der Waals surface area contributed by atoms with Crippen molar-refractivity contribution >= 4 is 23.1 Å². The van der Waals surface area contributed by atoms with Crippen LogP contribution in [-0.4, -0.2) is 25.7 Å². The van der Waals surface area contributed by atoms with Crippen LogP contribution in [0.15, 0.2) is 72.9 Å². The molecule has 0 bridgehead atoms. The zero-order valence-electron chi connectivity index (χ0n) is 15.8. The second kappa shape index (κ2) is 8.02. The van der Waals surface area contributed by atoms with Gasteiger partial charge in [-0.05, 0) is 30.7 Å². The van der Waals surface area contributed by atoms with Crippen molar-refractivity contribution in [3.05, 3.63) is 84.2 Å². The van der Waals surface area contributed by atoms with Crippen molar-refractivity contribution in [2.45, 2.75) is 19.4 Å². The number of nitrogens with zero attached hydrogens (tertiary/aromatic N) is 3. The number of aryl methyl sites for hydroxylation is 1. The number of aromatic nitrogens is 3. The number of fused-ring (bicyclic) bond motifs is 1. The SMILES string of the molecule is CCc1cc(Nc2ccc(OC(C(=O)O)c3ccccc3)cc2)n2nccc2n1. The van der Waals surface area contributed by atoms with Crippen molar-refractivity contribution in [3.63, 3.8) is 0 Å². The van der Waals surface area contributed by atoms with E-state index >= 15 is 0 Å². The van der Waals surface area contributed by atoms with Gasteiger partial charge in [0, 0.05) is 29.1 Å². The van der Waals surface area contributed by atoms with Crippen LogP contribution in [0.3, 0.4) is 0 Å². The molecule has 0 aliphatic carbocycles. The van der Waals surface area contributed by atoms with E-state index in [1.165, 1.54) is 0 Å². The number of nitrogens with one attached hydrogen (secondary N) is 1. The molecule has 0 radical (unpaired) electrons. The average Bonchev–Trinajstić information content (AvgIpc) is 3.22. The first-order valence-corrected chi connectivity index (χ1v) is 9.29. The van der Waals surface area contributed by atoms with Crippen LogP contribution < -0.4 is 10.1 Å². The van der Waals surface area contributed by atoms with Crippen molar-refractivity contribution in [3.8, 4) is 5.75 Å². The summed E-state index contributed by atoms with van der Waals surface area (Å²) in [4.78, 5) is 16.2. The standard InChI is InChI=1S/C22H20N4O3/c1-2-16-14-20(26-19(24-16)12-13-23-26)25-17-8-10-18(11-9-17)29-21(22(27)28)15-6-4-3-5-7-15/h3-14,21,25H,2H2,1H3,(H,27,28). The predicted octanol–water partition coefficient (Wildman–Crippen LogP) is 4.24. The summed E-state index contributed by atoms with van der Waals surface area (Å²) in [7, 11) is 0. The summed E-state index contributed by atoms with van der Waals surface area (Å²) in [6.07, 6.45) is 1.46. The second-order valence-electron chi connectivity index (χ2n) is 6.48. The molecule has 4 aromatic rings. The van der Waals surface area contributed by atoms with Crippen LogP contribution >= 0.6 is 0 Å². The average molecular weight is 388 g/mol. The minimum absolute atomic E-state index is 0.472. The lowest BCUT2D eigenvalue weighted by Gasteiger charge is -2.16. The Bertz CT molecular complexity index is 1120. The highest BCUT2D eigenvalue weighted by Gasteiger charge is 2.21. The van der Waals surface area contributed by atoms with Gasteiger partial charge in [0.05, 0.1) is 6.20 Å². The maximum Gasteiger partial charge on any atom is 0.349 e. The Hall–Kier alpha value is -3.87. The number of hydrogen-bond acceptors (Lipinski definition) is 5. The van der Waals surface area contributed by atoms with Crippen LogP contribution in [0.5, 0.6) is 5.75 Å². The Morgan fingerprint density at radius 1 is 1.14 bits per heavy atom. The lowest BCUT2D eigenvalue weighted by Crippen LogP contribution is -2.18. The Kier molecular flexibility index (Phi) is 5.11. The molecule has 2 heterocycles. The lowest BCUT2D eigenvalue weighted by atomic mass is 10.1. The molecule has 0 aliphatic rings. The van der Waals surface area contributed by atoms with E-state index in [-0.39, 0.29) is 0 Å². The van der Waals surface area contributed by atoms with Gasteiger partial charge in [-0.2, -0.15) is 9.61 Å². The van der Waals surface area contributed by atoms with E-state index in [1.807, 2.05) is 30.3 Å². The summed E-state index contributed by atoms with van der Waals surface area (Å²) in [6, 6.07) is 19.8. The van der Waals surface area contributed by atoms with Gasteiger partial charge in [0.1, 0.15) is 11.6 Å². The predicted molar refractivity (Wildman–Crippen MR) is 110 cm³/mol. The number of carboxylic acids is 1. The van der Waals surface area contributed by atoms with Crippen LogP contribution in [0.25, 0.3) is 5.65 Å². The maximum atomic E-state index is 11.6. The van der Waals surface area contributed by atoms with Gasteiger partial charge in [0.15, 0.2) is 5.65 Å².